The van der Waals surface area contributed by atoms with Crippen LogP contribution in [-0.2, 0) is 95.6 Å². The van der Waals surface area contributed by atoms with E-state index in [0.717, 1.165) is 84.9 Å². The normalized spacial score (nSPS) is 27.1. The first-order chi connectivity index (χ1) is 36.1. The lowest BCUT2D eigenvalue weighted by atomic mass is 9.94. The number of benzene rings is 2. The Hall–Kier alpha value is -8.53. The molecular weight excluding hydrogens is 1050 g/mol. The molecule has 2 unspecified atom stereocenters. The molecule has 2 aliphatic carbocycles. The molecule has 0 saturated carbocycles. The van der Waals surface area contributed by atoms with E-state index in [4.69, 9.17) is 47.4 Å². The Balaban J connectivity index is 1.13. The van der Waals surface area contributed by atoms with Gasteiger partial charge in [0.1, 0.15) is 30.6 Å². The zero-order valence-electron chi connectivity index (χ0n) is 41.7. The maximum atomic E-state index is 14.2. The Bertz CT molecular complexity index is 3160. The molecule has 3 aliphatic heterocycles. The van der Waals surface area contributed by atoms with Gasteiger partial charge in [-0.2, -0.15) is 0 Å². The van der Waals surface area contributed by atoms with Crippen LogP contribution in [0, 0.1) is 16.7 Å². The molecule has 2 saturated heterocycles. The van der Waals surface area contributed by atoms with Crippen molar-refractivity contribution in [1.29, 1.82) is 0 Å². The first-order valence-electron chi connectivity index (χ1n) is 23.0. The van der Waals surface area contributed by atoms with Crippen LogP contribution in [0.3, 0.4) is 0 Å². The third-order valence-corrected chi connectivity index (χ3v) is 14.0. The van der Waals surface area contributed by atoms with Gasteiger partial charge in [0.2, 0.25) is 34.2 Å². The summed E-state index contributed by atoms with van der Waals surface area (Å²) < 4.78 is 83.2. The SMILES string of the molecule is CC(=O)OC[C@H]1O[C@@H](OC(C)=O)[C@H](NC(=O)C2C(=O)c3ccc(S(=O)(=O)c4ccc5c(c4)C(=O)C(C(=O)N[C@H]4[C@H](OC(C)=O)O[C@@H]6C(OC(C)=O)=C(C)O[C@H]6[C@@H]4OC(C)=[N+]=O)C5=O)cc3C2=O)[C@@H](OC(C)=O)[C@@H]1OC(C)=O. The lowest BCUT2D eigenvalue weighted by Gasteiger charge is -2.44. The van der Waals surface area contributed by atoms with Gasteiger partial charge in [0.05, 0.1) is 16.7 Å². The predicted octanol–water partition coefficient (Wildman–Crippen LogP) is -0.687. The largest absolute Gasteiger partial charge is 0.529 e. The molecule has 77 heavy (non-hydrogen) atoms. The third-order valence-electron chi connectivity index (χ3n) is 12.3. The van der Waals surface area contributed by atoms with Gasteiger partial charge < -0.3 is 58.0 Å². The molecule has 0 bridgehead atoms. The molecule has 2 fully saturated rings. The van der Waals surface area contributed by atoms with Crippen molar-refractivity contribution >= 4 is 86.5 Å². The molecule has 0 spiro atoms. The maximum absolute atomic E-state index is 14.2. The van der Waals surface area contributed by atoms with Crippen LogP contribution in [0.2, 0.25) is 0 Å². The van der Waals surface area contributed by atoms with E-state index in [-0.39, 0.29) is 11.5 Å². The molecule has 2 aromatic carbocycles. The molecular formula is C48H46N3O25S+. The molecule has 3 heterocycles. The molecule has 0 radical (unpaired) electrons. The standard InChI is InChI=1S/C48H45N3O25S/c1-16-39(70-19(4)53)43-44(68-16)42(69-17(2)51-64)34(48(76-43)74-23(8)57)50-46(63)32-36(59)27-12-10-25(14-29(27)38(32)61)77(65,66)24-9-11-26-28(13-24)37(60)31(35(26)58)45(62)49-33-41(72-21(6)55)40(71-20(5)54)30(15-67-18(3)52)75-47(33)73-22(7)56/h9-14,30-34,40-44,47-48H,15H2,1-8H3,(H-,49,50,62,63)/p+1/t30-,31?,32?,33-,34-,40-,41-,42-,43-,44+,47-,48-/m1/s1. The Morgan fingerprint density at radius 2 is 1.03 bits per heavy atom. The lowest BCUT2D eigenvalue weighted by Crippen LogP contribution is -2.67. The lowest BCUT2D eigenvalue weighted by molar-refractivity contribution is -0.271. The van der Waals surface area contributed by atoms with Crippen LogP contribution in [0.4, 0.5) is 0 Å². The minimum absolute atomic E-state index is 0.00941. The summed E-state index contributed by atoms with van der Waals surface area (Å²) in [6.45, 7) is 7.85. The Labute approximate surface area is 434 Å². The van der Waals surface area contributed by atoms with Gasteiger partial charge >= 0.3 is 41.7 Å². The second-order valence-electron chi connectivity index (χ2n) is 17.7. The highest BCUT2D eigenvalue weighted by atomic mass is 32.2. The van der Waals surface area contributed by atoms with Crippen LogP contribution in [-0.4, -0.2) is 153 Å². The number of hydrogen-bond acceptors (Lipinski definition) is 25. The number of hydrogen-bond donors (Lipinski definition) is 2. The van der Waals surface area contributed by atoms with Gasteiger partial charge in [-0.1, -0.05) is 0 Å². The van der Waals surface area contributed by atoms with E-state index in [9.17, 15) is 70.9 Å². The number of rotatable bonds is 14. The summed E-state index contributed by atoms with van der Waals surface area (Å²) in [5.74, 6) is -18.0. The van der Waals surface area contributed by atoms with E-state index in [1.54, 1.807) is 0 Å². The van der Waals surface area contributed by atoms with E-state index in [1.165, 1.54) is 6.92 Å². The number of nitrogens with one attached hydrogen (secondary N) is 2. The highest BCUT2D eigenvalue weighted by molar-refractivity contribution is 7.91. The maximum Gasteiger partial charge on any atom is 0.529 e. The van der Waals surface area contributed by atoms with Gasteiger partial charge in [-0.05, 0) is 43.3 Å². The van der Waals surface area contributed by atoms with Crippen LogP contribution >= 0.6 is 0 Å². The molecule has 5 aliphatic rings. The zero-order valence-corrected chi connectivity index (χ0v) is 42.5. The summed E-state index contributed by atoms with van der Waals surface area (Å²) in [5.41, 5.74) is -1.91. The number of nitrogens with zero attached hydrogens (tertiary/aromatic N) is 1. The van der Waals surface area contributed by atoms with Crippen molar-refractivity contribution in [3.05, 3.63) is 75.1 Å². The van der Waals surface area contributed by atoms with Crippen molar-refractivity contribution in [2.75, 3.05) is 6.61 Å². The number of amides is 2. The summed E-state index contributed by atoms with van der Waals surface area (Å²) in [5, 5.41) is 4.69. The Kier molecular flexibility index (Phi) is 16.0. The fourth-order valence-corrected chi connectivity index (χ4v) is 10.5. The summed E-state index contributed by atoms with van der Waals surface area (Å²) in [4.78, 5) is 169. The van der Waals surface area contributed by atoms with E-state index in [0.29, 0.717) is 0 Å². The highest BCUT2D eigenvalue weighted by Crippen LogP contribution is 2.40. The monoisotopic (exact) mass is 1100 g/mol. The Morgan fingerprint density at radius 3 is 1.48 bits per heavy atom. The van der Waals surface area contributed by atoms with E-state index in [2.05, 4.69) is 15.5 Å². The smallest absolute Gasteiger partial charge is 0.484 e. The van der Waals surface area contributed by atoms with Crippen molar-refractivity contribution in [1.82, 2.24) is 15.5 Å². The molecule has 2 aromatic rings. The van der Waals surface area contributed by atoms with Crippen LogP contribution in [0.5, 0.6) is 0 Å². The van der Waals surface area contributed by atoms with Crippen molar-refractivity contribution in [2.24, 2.45) is 11.8 Å². The second kappa shape index (κ2) is 22.0. The fourth-order valence-electron chi connectivity index (χ4n) is 9.21. The number of esters is 6. The van der Waals surface area contributed by atoms with Gasteiger partial charge in [0.25, 0.3) is 4.85 Å². The number of ketones is 4. The zero-order chi connectivity index (χ0) is 56.7. The quantitative estimate of drug-likeness (QED) is 0.0590. The van der Waals surface area contributed by atoms with Gasteiger partial charge in [0.15, 0.2) is 76.2 Å². The van der Waals surface area contributed by atoms with Gasteiger partial charge in [-0.15, -0.1) is 0 Å². The molecule has 408 valence electrons. The number of carbonyl (C=O) groups is 12. The van der Waals surface area contributed by atoms with Crippen LogP contribution in [0.1, 0.15) is 96.8 Å². The number of sulfone groups is 1. The van der Waals surface area contributed by atoms with Crippen molar-refractivity contribution in [2.45, 2.75) is 126 Å². The van der Waals surface area contributed by atoms with Crippen LogP contribution < -0.4 is 15.5 Å². The minimum atomic E-state index is -4.80. The highest BCUT2D eigenvalue weighted by Gasteiger charge is 2.59. The molecule has 0 aromatic heterocycles. The van der Waals surface area contributed by atoms with Crippen molar-refractivity contribution in [3.63, 3.8) is 0 Å². The molecule has 2 N–H and O–H groups in total. The summed E-state index contributed by atoms with van der Waals surface area (Å²) >= 11 is 0. The number of nitroso groups, excluding NO2 is 1. The average molecular weight is 1100 g/mol. The van der Waals surface area contributed by atoms with Crippen molar-refractivity contribution < 1.29 is 113 Å². The summed E-state index contributed by atoms with van der Waals surface area (Å²) in [6, 6.07) is 1.84. The first-order valence-corrected chi connectivity index (χ1v) is 24.5. The van der Waals surface area contributed by atoms with Crippen molar-refractivity contribution in [3.8, 4) is 0 Å². The fraction of sp³-hybridized carbons (Fsp3) is 0.438. The Morgan fingerprint density at radius 1 is 0.571 bits per heavy atom. The van der Waals surface area contributed by atoms with Crippen LogP contribution in [0.25, 0.3) is 0 Å². The number of Topliss-reactive ketones (excluding diaryl/α,β-unsaturated/α-hetero) is 4. The molecule has 29 heteroatoms. The van der Waals surface area contributed by atoms with E-state index in [1.807, 2.05) is 0 Å². The average Bonchev–Trinajstić information content (AvgIpc) is 3.96. The number of allylic oxidation sites excluding steroid dienone is 1. The number of carbonyl (C=O) groups excluding carboxylic acids is 12. The first kappa shape index (κ1) is 56.2. The molecule has 2 amide bonds. The van der Waals surface area contributed by atoms with Gasteiger partial charge in [0, 0.05) is 63.8 Å². The van der Waals surface area contributed by atoms with E-state index >= 15 is 0 Å². The molecule has 28 nitrogen and oxygen atoms in total. The van der Waals surface area contributed by atoms with Gasteiger partial charge in [-0.3, -0.25) is 57.5 Å². The summed E-state index contributed by atoms with van der Waals surface area (Å²) in [6.07, 6.45) is -12.8. The third kappa shape index (κ3) is 11.2. The minimum Gasteiger partial charge on any atom is -0.484 e. The number of fused-ring (bicyclic) bond motifs is 3. The second-order valence-corrected chi connectivity index (χ2v) is 19.7. The summed E-state index contributed by atoms with van der Waals surface area (Å²) in [7, 11) is -4.80. The van der Waals surface area contributed by atoms with E-state index < -0.39 is 198 Å². The number of ether oxygens (including phenoxy) is 10. The topological polar surface area (TPSA) is 387 Å². The molecule has 12 atom stereocenters. The van der Waals surface area contributed by atoms with Gasteiger partial charge in [-0.25, -0.2) is 8.42 Å². The molecule has 7 rings (SSSR count). The predicted molar refractivity (Wildman–Crippen MR) is 245 cm³/mol. The van der Waals surface area contributed by atoms with Crippen LogP contribution in [0.15, 0.2) is 57.7 Å².